The highest BCUT2D eigenvalue weighted by atomic mass is 32.2. The van der Waals surface area contributed by atoms with Crippen LogP contribution in [0.2, 0.25) is 0 Å². The van der Waals surface area contributed by atoms with Gasteiger partial charge >= 0.3 is 5.97 Å². The van der Waals surface area contributed by atoms with Crippen LogP contribution in [0.4, 0.5) is 0 Å². The molecule has 0 radical (unpaired) electrons. The van der Waals surface area contributed by atoms with E-state index in [1.54, 1.807) is 0 Å². The molecule has 0 aliphatic carbocycles. The predicted octanol–water partition coefficient (Wildman–Crippen LogP) is 44.1. The second-order valence-electron chi connectivity index (χ2n) is 74.1. The number of carbonyl (C=O) groups is 1. The molecule has 0 aromatic heterocycles. The molecule has 0 bridgehead atoms. The number of hydrogen-bond acceptors (Lipinski definition) is 5. The number of carboxylic acid groups (broad SMARTS) is 1. The molecule has 0 amide bonds. The molecule has 0 spiro atoms. The van der Waals surface area contributed by atoms with Crippen LogP contribution in [0.1, 0.15) is 628 Å². The SMILES string of the molecule is CC(C)(C)CC(C)(C)CC(C)(C)CC(C)(C)CC(C)(C)CC(C)(C)CC(C)(C)CC(C)(C)CC(C)(C)CC(C)(C)CC(C)(C)CC(C)(C)CC(C)(C)CC(C)(C)CC(C)(C)CC(C)(C)CC(C)(C)CC(C)(C)CC(C)(C)CC(C)(C)CC(C)(C)CC(C)(C)CC(C)(C)CC(C)(C)CC(C)(C)CC(C)(C)CC(C)(C)CC(C)(C)CC(C)(C)CC(C)(C)CCCSCCOCCOCCOCCC(=O)O. The van der Waals surface area contributed by atoms with Gasteiger partial charge in [0.15, 0.2) is 0 Å². The third-order valence-electron chi connectivity index (χ3n) is 30.5. The minimum atomic E-state index is -0.842. The van der Waals surface area contributed by atoms with Crippen molar-refractivity contribution in [3.63, 3.8) is 0 Å². The van der Waals surface area contributed by atoms with Crippen LogP contribution in [0.15, 0.2) is 0 Å². The second-order valence-corrected chi connectivity index (χ2v) is 75.4. The summed E-state index contributed by atoms with van der Waals surface area (Å²) in [7, 11) is 0. The summed E-state index contributed by atoms with van der Waals surface area (Å²) in [6.07, 6.45) is 38.9. The molecule has 1 N–H and O–H groups in total. The van der Waals surface area contributed by atoms with Gasteiger partial charge in [-0.3, -0.25) is 4.79 Å². The molecule has 0 unspecified atom stereocenters. The Morgan fingerprint density at radius 3 is 0.406 bits per heavy atom. The minimum Gasteiger partial charge on any atom is -0.481 e. The monoisotopic (exact) mass is 1960 g/mol. The number of ether oxygens (including phenoxy) is 3. The van der Waals surface area contributed by atoms with Crippen molar-refractivity contribution in [3.8, 4) is 0 Å². The highest BCUT2D eigenvalue weighted by Gasteiger charge is 2.51. The zero-order valence-corrected chi connectivity index (χ0v) is 108. The predicted molar refractivity (Wildman–Crippen MR) is 624 cm³/mol. The summed E-state index contributed by atoms with van der Waals surface area (Å²) < 4.78 is 16.6. The van der Waals surface area contributed by atoms with E-state index in [-0.39, 0.29) is 154 Å². The van der Waals surface area contributed by atoms with Gasteiger partial charge in [0.2, 0.25) is 0 Å². The van der Waals surface area contributed by atoms with E-state index in [2.05, 4.69) is 422 Å². The molecule has 0 aliphatic heterocycles. The Kier molecular flexibility index (Phi) is 48.9. The van der Waals surface area contributed by atoms with Crippen molar-refractivity contribution in [1.29, 1.82) is 0 Å². The van der Waals surface area contributed by atoms with Crippen LogP contribution in [0.5, 0.6) is 0 Å². The van der Waals surface area contributed by atoms with E-state index in [1.807, 2.05) is 11.8 Å². The third kappa shape index (κ3) is 66.3. The fourth-order valence-corrected chi connectivity index (χ4v) is 41.9. The minimum absolute atomic E-state index is 0.0244. The molecule has 0 aromatic carbocycles. The van der Waals surface area contributed by atoms with Gasteiger partial charge in [-0.1, -0.05) is 422 Å². The van der Waals surface area contributed by atoms with E-state index in [9.17, 15) is 4.79 Å². The van der Waals surface area contributed by atoms with Gasteiger partial charge in [-0.2, -0.15) is 11.8 Å². The molecule has 0 aromatic rings. The van der Waals surface area contributed by atoms with E-state index in [1.165, 1.54) is 205 Å². The summed E-state index contributed by atoms with van der Waals surface area (Å²) in [4.78, 5) is 10.6. The highest BCUT2D eigenvalue weighted by molar-refractivity contribution is 7.99. The summed E-state index contributed by atoms with van der Waals surface area (Å²) in [6, 6.07) is 0. The van der Waals surface area contributed by atoms with Gasteiger partial charge in [-0.05, 0) is 367 Å². The summed E-state index contributed by atoms with van der Waals surface area (Å²) >= 11 is 2.00. The van der Waals surface area contributed by atoms with Crippen molar-refractivity contribution in [1.82, 2.24) is 0 Å². The lowest BCUT2D eigenvalue weighted by atomic mass is 9.57. The van der Waals surface area contributed by atoms with Crippen molar-refractivity contribution < 1.29 is 24.1 Å². The first-order valence-corrected chi connectivity index (χ1v) is 58.6. The quantitative estimate of drug-likeness (QED) is 0.0612. The Morgan fingerprint density at radius 2 is 0.275 bits per heavy atom. The lowest BCUT2D eigenvalue weighted by Crippen LogP contribution is -2.37. The molecule has 6 heteroatoms. The highest BCUT2D eigenvalue weighted by Crippen LogP contribution is 2.62. The van der Waals surface area contributed by atoms with Gasteiger partial charge in [-0.15, -0.1) is 0 Å². The molecule has 0 fully saturated rings. The maximum Gasteiger partial charge on any atom is 0.305 e. The van der Waals surface area contributed by atoms with Crippen LogP contribution in [0.3, 0.4) is 0 Å². The maximum atomic E-state index is 10.6. The van der Waals surface area contributed by atoms with Gasteiger partial charge in [0.05, 0.1) is 46.1 Å². The molecule has 828 valence electrons. The van der Waals surface area contributed by atoms with Crippen LogP contribution < -0.4 is 0 Å². The molecule has 0 saturated heterocycles. The second kappa shape index (κ2) is 49.0. The third-order valence-corrected chi connectivity index (χ3v) is 31.6. The van der Waals surface area contributed by atoms with Crippen molar-refractivity contribution in [2.75, 3.05) is 51.1 Å². The van der Waals surface area contributed by atoms with Crippen LogP contribution in [-0.4, -0.2) is 62.2 Å². The van der Waals surface area contributed by atoms with Crippen molar-refractivity contribution in [2.45, 2.75) is 628 Å². The lowest BCUT2D eigenvalue weighted by Gasteiger charge is -2.48. The summed E-state index contributed by atoms with van der Waals surface area (Å²) in [5.74, 6) is 1.33. The fraction of sp³-hybridized carbons (Fsp3) is 0.992. The topological polar surface area (TPSA) is 65.0 Å². The standard InChI is InChI=1S/C132H264O5S/c1-103(2,3)73-105(6,7)75-107(10,11)77-109(14,15)79-111(18,19)81-113(22,23)83-115(26,27)85-117(30,31)87-119(34,35)89-121(38,39)91-123(42,43)93-125(46,47)95-127(50,51)97-129(54,55)99-131(58,59)101-132(60,61)100-130(56,57)98-128(52,53)96-126(48,49)94-124(44,45)92-122(40,41)90-120(36,37)88-118(32,33)86-116(28,29)84-114(24,25)82-112(20,21)80-110(16,17)78-108(12,13)76-106(8,9)74-104(4,5)64-62-71-138-72-70-137-69-68-136-67-66-135-65-63-102(133)134/h62-101H2,1-61H3,(H,133,134). The Morgan fingerprint density at radius 1 is 0.159 bits per heavy atom. The van der Waals surface area contributed by atoms with Crippen molar-refractivity contribution >= 4 is 17.7 Å². The van der Waals surface area contributed by atoms with Gasteiger partial charge in [0, 0.05) is 5.75 Å². The average Bonchev–Trinajstić information content (AvgIpc) is 0.758. The van der Waals surface area contributed by atoms with Gasteiger partial charge in [0.1, 0.15) is 0 Å². The number of carboxylic acids is 1. The fourth-order valence-electron chi connectivity index (χ4n) is 41.1. The molecule has 0 heterocycles. The Labute approximate surface area is 877 Å². The summed E-state index contributed by atoms with van der Waals surface area (Å²) in [6.45, 7) is 161. The first-order chi connectivity index (χ1) is 59.9. The van der Waals surface area contributed by atoms with Crippen LogP contribution in [0, 0.1) is 162 Å². The summed E-state index contributed by atoms with van der Waals surface area (Å²) in [5, 5.41) is 8.74. The van der Waals surface area contributed by atoms with E-state index in [0.29, 0.717) is 48.1 Å². The normalized spacial score (nSPS) is 15.7. The van der Waals surface area contributed by atoms with E-state index >= 15 is 0 Å². The van der Waals surface area contributed by atoms with Crippen molar-refractivity contribution in [2.24, 2.45) is 162 Å². The average molecular weight is 1960 g/mol. The summed E-state index contributed by atoms with van der Waals surface area (Å²) in [5.41, 5.74) is 7.49. The molecule has 0 rings (SSSR count). The smallest absolute Gasteiger partial charge is 0.305 e. The van der Waals surface area contributed by atoms with E-state index in [0.717, 1.165) is 12.4 Å². The zero-order valence-electron chi connectivity index (χ0n) is 107. The Bertz CT molecular complexity index is 3400. The molecule has 0 aliphatic rings. The molecular weight excluding hydrogens is 1700 g/mol. The largest absolute Gasteiger partial charge is 0.481 e. The number of hydrogen-bond donors (Lipinski definition) is 1. The molecule has 5 nitrogen and oxygen atoms in total. The number of aliphatic carboxylic acids is 1. The van der Waals surface area contributed by atoms with Crippen LogP contribution in [-0.2, 0) is 19.0 Å². The first-order valence-electron chi connectivity index (χ1n) is 57.5. The number of rotatable bonds is 73. The molecule has 138 heavy (non-hydrogen) atoms. The zero-order chi connectivity index (χ0) is 110. The van der Waals surface area contributed by atoms with Gasteiger partial charge < -0.3 is 19.3 Å². The molecule has 0 atom stereocenters. The lowest BCUT2D eigenvalue weighted by molar-refractivity contribution is -0.138. The first kappa shape index (κ1) is 138. The van der Waals surface area contributed by atoms with Gasteiger partial charge in [-0.25, -0.2) is 0 Å². The Hall–Kier alpha value is -0.300. The Balaban J connectivity index is 5.83. The maximum absolute atomic E-state index is 10.6. The van der Waals surface area contributed by atoms with Crippen LogP contribution in [0.25, 0.3) is 0 Å². The van der Waals surface area contributed by atoms with Gasteiger partial charge in [0.25, 0.3) is 0 Å². The molecular formula is C132H264O5S. The van der Waals surface area contributed by atoms with E-state index < -0.39 is 5.97 Å². The van der Waals surface area contributed by atoms with Crippen molar-refractivity contribution in [3.05, 3.63) is 0 Å². The number of thioether (sulfide) groups is 1. The molecule has 0 saturated carbocycles. The van der Waals surface area contributed by atoms with Crippen LogP contribution >= 0.6 is 11.8 Å². The van der Waals surface area contributed by atoms with E-state index in [4.69, 9.17) is 19.3 Å².